The van der Waals surface area contributed by atoms with Gasteiger partial charge in [-0.25, -0.2) is 4.98 Å². The SMILES string of the molecule is NC1CCCC1C(=O)Cc1cn2ccsc2n1. The molecule has 17 heavy (non-hydrogen) atoms. The van der Waals surface area contributed by atoms with Crippen LogP contribution in [0.1, 0.15) is 25.0 Å². The summed E-state index contributed by atoms with van der Waals surface area (Å²) in [5, 5.41) is 1.99. The van der Waals surface area contributed by atoms with Gasteiger partial charge < -0.3 is 5.73 Å². The molecule has 0 aliphatic heterocycles. The summed E-state index contributed by atoms with van der Waals surface area (Å²) in [4.78, 5) is 17.5. The number of fused-ring (bicyclic) bond motifs is 1. The Morgan fingerprint density at radius 1 is 1.59 bits per heavy atom. The van der Waals surface area contributed by atoms with Crippen LogP contribution in [0.5, 0.6) is 0 Å². The number of thiazole rings is 1. The number of nitrogens with zero attached hydrogens (tertiary/aromatic N) is 2. The van der Waals surface area contributed by atoms with E-state index in [4.69, 9.17) is 5.73 Å². The van der Waals surface area contributed by atoms with Crippen LogP contribution < -0.4 is 5.73 Å². The maximum Gasteiger partial charge on any atom is 0.193 e. The zero-order valence-corrected chi connectivity index (χ0v) is 10.3. The number of Topliss-reactive ketones (excluding diaryl/α,β-unsaturated/α-hetero) is 1. The largest absolute Gasteiger partial charge is 0.327 e. The molecular weight excluding hydrogens is 234 g/mol. The van der Waals surface area contributed by atoms with Gasteiger partial charge in [0, 0.05) is 29.7 Å². The van der Waals surface area contributed by atoms with E-state index in [2.05, 4.69) is 4.98 Å². The lowest BCUT2D eigenvalue weighted by molar-refractivity contribution is -0.122. The third-order valence-corrected chi connectivity index (χ3v) is 4.25. The first-order chi connectivity index (χ1) is 8.24. The molecule has 3 rings (SSSR count). The summed E-state index contributed by atoms with van der Waals surface area (Å²) in [6, 6.07) is 0.0613. The van der Waals surface area contributed by atoms with E-state index in [1.807, 2.05) is 22.2 Å². The minimum absolute atomic E-state index is 0.0507. The highest BCUT2D eigenvalue weighted by atomic mass is 32.1. The highest BCUT2D eigenvalue weighted by Crippen LogP contribution is 2.26. The van der Waals surface area contributed by atoms with Gasteiger partial charge >= 0.3 is 0 Å². The van der Waals surface area contributed by atoms with E-state index in [1.54, 1.807) is 11.3 Å². The van der Waals surface area contributed by atoms with E-state index in [9.17, 15) is 4.79 Å². The first-order valence-electron chi connectivity index (χ1n) is 5.93. The number of rotatable bonds is 3. The molecular formula is C12H15N3OS. The maximum atomic E-state index is 12.1. The molecule has 5 heteroatoms. The van der Waals surface area contributed by atoms with Crippen molar-refractivity contribution in [2.75, 3.05) is 0 Å². The quantitative estimate of drug-likeness (QED) is 0.899. The molecule has 1 aliphatic rings. The standard InChI is InChI=1S/C12H15N3OS/c13-10-3-1-2-9(10)11(16)6-8-7-15-4-5-17-12(15)14-8/h4-5,7,9-10H,1-3,6,13H2. The zero-order chi connectivity index (χ0) is 11.8. The van der Waals surface area contributed by atoms with Gasteiger partial charge in [-0.3, -0.25) is 9.20 Å². The smallest absolute Gasteiger partial charge is 0.193 e. The molecule has 0 bridgehead atoms. The summed E-state index contributed by atoms with van der Waals surface area (Å²) in [5.74, 6) is 0.301. The number of aromatic nitrogens is 2. The molecule has 2 aromatic heterocycles. The zero-order valence-electron chi connectivity index (χ0n) is 9.50. The first-order valence-corrected chi connectivity index (χ1v) is 6.81. The molecule has 1 fully saturated rings. The number of imidazole rings is 1. The van der Waals surface area contributed by atoms with E-state index in [0.717, 1.165) is 29.9 Å². The van der Waals surface area contributed by atoms with Crippen LogP contribution in [0.3, 0.4) is 0 Å². The van der Waals surface area contributed by atoms with Crippen molar-refractivity contribution in [2.24, 2.45) is 11.7 Å². The molecule has 2 heterocycles. The normalized spacial score (nSPS) is 24.5. The van der Waals surface area contributed by atoms with Crippen LogP contribution >= 0.6 is 11.3 Å². The van der Waals surface area contributed by atoms with E-state index in [-0.39, 0.29) is 17.7 Å². The number of carbonyl (C=O) groups is 1. The Hall–Kier alpha value is -1.20. The van der Waals surface area contributed by atoms with Gasteiger partial charge in [0.2, 0.25) is 0 Å². The van der Waals surface area contributed by atoms with Crippen molar-refractivity contribution in [3.8, 4) is 0 Å². The molecule has 0 radical (unpaired) electrons. The van der Waals surface area contributed by atoms with Gasteiger partial charge in [0.25, 0.3) is 0 Å². The summed E-state index contributed by atoms with van der Waals surface area (Å²) in [5.41, 5.74) is 6.81. The second-order valence-corrected chi connectivity index (χ2v) is 5.54. The van der Waals surface area contributed by atoms with Crippen LogP contribution in [-0.4, -0.2) is 21.2 Å². The monoisotopic (exact) mass is 249 g/mol. The van der Waals surface area contributed by atoms with Crippen molar-refractivity contribution in [3.63, 3.8) is 0 Å². The van der Waals surface area contributed by atoms with Gasteiger partial charge in [0.05, 0.1) is 12.1 Å². The summed E-state index contributed by atoms with van der Waals surface area (Å²) >= 11 is 1.58. The lowest BCUT2D eigenvalue weighted by atomic mass is 9.96. The van der Waals surface area contributed by atoms with Crippen LogP contribution in [0, 0.1) is 5.92 Å². The number of hydrogen-bond donors (Lipinski definition) is 1. The Balaban J connectivity index is 1.74. The fraction of sp³-hybridized carbons (Fsp3) is 0.500. The van der Waals surface area contributed by atoms with Crippen molar-refractivity contribution in [1.29, 1.82) is 0 Å². The highest BCUT2D eigenvalue weighted by Gasteiger charge is 2.30. The van der Waals surface area contributed by atoms with Crippen LogP contribution in [0.4, 0.5) is 0 Å². The topological polar surface area (TPSA) is 60.4 Å². The lowest BCUT2D eigenvalue weighted by Crippen LogP contribution is -2.31. The maximum absolute atomic E-state index is 12.1. The third-order valence-electron chi connectivity index (χ3n) is 3.48. The third kappa shape index (κ3) is 2.00. The average molecular weight is 249 g/mol. The predicted molar refractivity (Wildman–Crippen MR) is 67.1 cm³/mol. The summed E-state index contributed by atoms with van der Waals surface area (Å²) in [6.45, 7) is 0. The van der Waals surface area contributed by atoms with E-state index in [1.165, 1.54) is 0 Å². The minimum Gasteiger partial charge on any atom is -0.327 e. The number of nitrogens with two attached hydrogens (primary N) is 1. The average Bonchev–Trinajstić information content (AvgIpc) is 2.92. The van der Waals surface area contributed by atoms with Gasteiger partial charge in [0.1, 0.15) is 5.78 Å². The molecule has 0 amide bonds. The molecule has 4 nitrogen and oxygen atoms in total. The lowest BCUT2D eigenvalue weighted by Gasteiger charge is -2.12. The molecule has 1 saturated carbocycles. The molecule has 2 N–H and O–H groups in total. The van der Waals surface area contributed by atoms with Gasteiger partial charge in [-0.05, 0) is 12.8 Å². The molecule has 2 aromatic rings. The van der Waals surface area contributed by atoms with Crippen LogP contribution in [0.25, 0.3) is 4.96 Å². The number of carbonyl (C=O) groups excluding carboxylic acids is 1. The Labute approximate surface area is 103 Å². The van der Waals surface area contributed by atoms with Crippen LogP contribution in [0.2, 0.25) is 0 Å². The van der Waals surface area contributed by atoms with E-state index in [0.29, 0.717) is 6.42 Å². The van der Waals surface area contributed by atoms with Crippen molar-refractivity contribution < 1.29 is 4.79 Å². The van der Waals surface area contributed by atoms with Crippen LogP contribution in [0.15, 0.2) is 17.8 Å². The Morgan fingerprint density at radius 2 is 2.47 bits per heavy atom. The summed E-state index contributed by atoms with van der Waals surface area (Å²) in [6.07, 6.45) is 7.33. The highest BCUT2D eigenvalue weighted by molar-refractivity contribution is 7.15. The fourth-order valence-corrected chi connectivity index (χ4v) is 3.28. The van der Waals surface area contributed by atoms with Gasteiger partial charge in [0.15, 0.2) is 4.96 Å². The molecule has 0 aromatic carbocycles. The Bertz CT molecular complexity index is 516. The molecule has 0 saturated heterocycles. The van der Waals surface area contributed by atoms with E-state index < -0.39 is 0 Å². The predicted octanol–water partition coefficient (Wildman–Crippen LogP) is 1.63. The van der Waals surface area contributed by atoms with E-state index >= 15 is 0 Å². The van der Waals surface area contributed by atoms with Gasteiger partial charge in [-0.2, -0.15) is 0 Å². The molecule has 0 spiro atoms. The number of ketones is 1. The molecule has 2 unspecified atom stereocenters. The summed E-state index contributed by atoms with van der Waals surface area (Å²) < 4.78 is 1.96. The summed E-state index contributed by atoms with van der Waals surface area (Å²) in [7, 11) is 0. The first kappa shape index (κ1) is 10.9. The second kappa shape index (κ2) is 4.23. The molecule has 90 valence electrons. The number of hydrogen-bond acceptors (Lipinski definition) is 4. The molecule has 1 aliphatic carbocycles. The van der Waals surface area contributed by atoms with Crippen molar-refractivity contribution in [3.05, 3.63) is 23.5 Å². The fourth-order valence-electron chi connectivity index (χ4n) is 2.56. The minimum atomic E-state index is 0.0507. The van der Waals surface area contributed by atoms with Crippen LogP contribution in [-0.2, 0) is 11.2 Å². The van der Waals surface area contributed by atoms with Gasteiger partial charge in [-0.15, -0.1) is 11.3 Å². The van der Waals surface area contributed by atoms with Crippen molar-refractivity contribution in [2.45, 2.75) is 31.7 Å². The Morgan fingerprint density at radius 3 is 3.18 bits per heavy atom. The van der Waals surface area contributed by atoms with Crippen molar-refractivity contribution in [1.82, 2.24) is 9.38 Å². The molecule has 2 atom stereocenters. The van der Waals surface area contributed by atoms with Crippen molar-refractivity contribution >= 4 is 22.1 Å². The Kier molecular flexibility index (Phi) is 2.72. The van der Waals surface area contributed by atoms with Gasteiger partial charge in [-0.1, -0.05) is 6.42 Å². The second-order valence-electron chi connectivity index (χ2n) is 4.67.